The molecule has 0 aromatic heterocycles. The Balaban J connectivity index is 2.29. The van der Waals surface area contributed by atoms with Crippen molar-refractivity contribution in [3.8, 4) is 5.75 Å². The molecule has 1 aromatic carbocycles. The van der Waals surface area contributed by atoms with E-state index in [2.05, 4.69) is 0 Å². The fourth-order valence-corrected chi connectivity index (χ4v) is 2.40. The van der Waals surface area contributed by atoms with Crippen molar-refractivity contribution in [1.82, 2.24) is 0 Å². The number of carboxylic acids is 1. The second-order valence-corrected chi connectivity index (χ2v) is 4.83. The summed E-state index contributed by atoms with van der Waals surface area (Å²) >= 11 is 0. The molecule has 1 aromatic rings. The van der Waals surface area contributed by atoms with Crippen molar-refractivity contribution in [2.24, 2.45) is 5.92 Å². The van der Waals surface area contributed by atoms with Crippen molar-refractivity contribution in [3.63, 3.8) is 0 Å². The summed E-state index contributed by atoms with van der Waals surface area (Å²) in [6.45, 7) is 0.337. The van der Waals surface area contributed by atoms with Gasteiger partial charge in [-0.25, -0.2) is 0 Å². The van der Waals surface area contributed by atoms with Gasteiger partial charge in [-0.3, -0.25) is 4.79 Å². The van der Waals surface area contributed by atoms with Gasteiger partial charge in [0.05, 0.1) is 13.0 Å². The third-order valence-electron chi connectivity index (χ3n) is 3.44. The van der Waals surface area contributed by atoms with Gasteiger partial charge in [-0.15, -0.1) is 0 Å². The Kier molecular flexibility index (Phi) is 3.87. The Labute approximate surface area is 106 Å². The average molecular weight is 250 g/mol. The normalized spacial score (nSPS) is 16.5. The van der Waals surface area contributed by atoms with Crippen LogP contribution in [0.25, 0.3) is 0 Å². The highest BCUT2D eigenvalue weighted by Crippen LogP contribution is 2.47. The summed E-state index contributed by atoms with van der Waals surface area (Å²) in [4.78, 5) is 10.9. The standard InChI is InChI=1S/C14H18O4/c1-18-8-10-3-2-4-11(14(10)17)12(7-13(15)16)9-5-6-9/h2-4,9,12,17H,5-8H2,1H3,(H,15,16). The molecule has 0 saturated heterocycles. The number of phenols is 1. The number of carboxylic acid groups (broad SMARTS) is 1. The molecule has 1 aliphatic rings. The highest BCUT2D eigenvalue weighted by Gasteiger charge is 2.35. The molecule has 0 amide bonds. The third kappa shape index (κ3) is 2.82. The van der Waals surface area contributed by atoms with Gasteiger partial charge >= 0.3 is 5.97 Å². The van der Waals surface area contributed by atoms with Gasteiger partial charge in [-0.05, 0) is 24.3 Å². The predicted octanol–water partition coefficient (Wildman–Crippen LogP) is 2.51. The van der Waals surface area contributed by atoms with E-state index >= 15 is 0 Å². The minimum Gasteiger partial charge on any atom is -0.507 e. The monoisotopic (exact) mass is 250 g/mol. The van der Waals surface area contributed by atoms with Crippen LogP contribution in [0.3, 0.4) is 0 Å². The Morgan fingerprint density at radius 3 is 2.78 bits per heavy atom. The number of benzene rings is 1. The molecule has 98 valence electrons. The molecule has 2 N–H and O–H groups in total. The molecule has 1 atom stereocenters. The summed E-state index contributed by atoms with van der Waals surface area (Å²) < 4.78 is 5.02. The number of aliphatic carboxylic acids is 1. The fourth-order valence-electron chi connectivity index (χ4n) is 2.40. The summed E-state index contributed by atoms with van der Waals surface area (Å²) in [5.74, 6) is -0.315. The molecular formula is C14H18O4. The second-order valence-electron chi connectivity index (χ2n) is 4.83. The molecule has 0 radical (unpaired) electrons. The van der Waals surface area contributed by atoms with E-state index in [9.17, 15) is 9.90 Å². The lowest BCUT2D eigenvalue weighted by molar-refractivity contribution is -0.137. The zero-order chi connectivity index (χ0) is 13.1. The minimum absolute atomic E-state index is 0.0780. The van der Waals surface area contributed by atoms with E-state index in [1.807, 2.05) is 12.1 Å². The van der Waals surface area contributed by atoms with Crippen LogP contribution in [-0.2, 0) is 16.1 Å². The first-order chi connectivity index (χ1) is 8.63. The van der Waals surface area contributed by atoms with Gasteiger partial charge in [0, 0.05) is 18.6 Å². The number of carbonyl (C=O) groups is 1. The van der Waals surface area contributed by atoms with E-state index in [1.54, 1.807) is 13.2 Å². The maximum Gasteiger partial charge on any atom is 0.303 e. The Morgan fingerprint density at radius 1 is 1.50 bits per heavy atom. The van der Waals surface area contributed by atoms with E-state index < -0.39 is 5.97 Å². The van der Waals surface area contributed by atoms with Crippen LogP contribution in [0.15, 0.2) is 18.2 Å². The molecule has 18 heavy (non-hydrogen) atoms. The molecule has 1 fully saturated rings. The zero-order valence-corrected chi connectivity index (χ0v) is 10.4. The minimum atomic E-state index is -0.816. The highest BCUT2D eigenvalue weighted by molar-refractivity contribution is 5.68. The number of rotatable bonds is 6. The summed E-state index contributed by atoms with van der Waals surface area (Å²) in [7, 11) is 1.57. The van der Waals surface area contributed by atoms with Crippen molar-refractivity contribution in [3.05, 3.63) is 29.3 Å². The highest BCUT2D eigenvalue weighted by atomic mass is 16.5. The molecule has 2 rings (SSSR count). The van der Waals surface area contributed by atoms with Crippen LogP contribution in [0.4, 0.5) is 0 Å². The zero-order valence-electron chi connectivity index (χ0n) is 10.4. The van der Waals surface area contributed by atoms with Crippen LogP contribution in [-0.4, -0.2) is 23.3 Å². The van der Waals surface area contributed by atoms with Crippen molar-refractivity contribution in [1.29, 1.82) is 0 Å². The number of hydrogen-bond acceptors (Lipinski definition) is 3. The quantitative estimate of drug-likeness (QED) is 0.814. The number of hydrogen-bond donors (Lipinski definition) is 2. The number of para-hydroxylation sites is 1. The molecule has 1 aliphatic carbocycles. The smallest absolute Gasteiger partial charge is 0.303 e. The van der Waals surface area contributed by atoms with Crippen LogP contribution in [0.1, 0.15) is 36.3 Å². The lowest BCUT2D eigenvalue weighted by Gasteiger charge is -2.17. The van der Waals surface area contributed by atoms with E-state index in [1.165, 1.54) is 0 Å². The van der Waals surface area contributed by atoms with Gasteiger partial charge in [-0.2, -0.15) is 0 Å². The SMILES string of the molecule is COCc1cccc(C(CC(=O)O)C2CC2)c1O. The molecule has 1 saturated carbocycles. The van der Waals surface area contributed by atoms with Gasteiger partial charge in [0.15, 0.2) is 0 Å². The van der Waals surface area contributed by atoms with Gasteiger partial charge in [0.25, 0.3) is 0 Å². The molecule has 0 bridgehead atoms. The van der Waals surface area contributed by atoms with Gasteiger partial charge in [-0.1, -0.05) is 18.2 Å². The third-order valence-corrected chi connectivity index (χ3v) is 3.44. The van der Waals surface area contributed by atoms with E-state index in [-0.39, 0.29) is 18.1 Å². The number of aromatic hydroxyl groups is 1. The molecular weight excluding hydrogens is 232 g/mol. The molecule has 4 nitrogen and oxygen atoms in total. The van der Waals surface area contributed by atoms with Crippen LogP contribution < -0.4 is 0 Å². The number of ether oxygens (including phenoxy) is 1. The first kappa shape index (κ1) is 12.9. The van der Waals surface area contributed by atoms with Crippen LogP contribution in [0.2, 0.25) is 0 Å². The fraction of sp³-hybridized carbons (Fsp3) is 0.500. The Hall–Kier alpha value is -1.55. The lowest BCUT2D eigenvalue weighted by Crippen LogP contribution is -2.09. The maximum absolute atomic E-state index is 10.9. The van der Waals surface area contributed by atoms with Crippen molar-refractivity contribution >= 4 is 5.97 Å². The molecule has 4 heteroatoms. The van der Waals surface area contributed by atoms with Gasteiger partial charge < -0.3 is 14.9 Å². The largest absolute Gasteiger partial charge is 0.507 e. The summed E-state index contributed by atoms with van der Waals surface area (Å²) in [5.41, 5.74) is 1.46. The average Bonchev–Trinajstić information content (AvgIpc) is 3.13. The number of methoxy groups -OCH3 is 1. The lowest BCUT2D eigenvalue weighted by atomic mass is 9.89. The van der Waals surface area contributed by atoms with Crippen LogP contribution in [0, 0.1) is 5.92 Å². The first-order valence-electron chi connectivity index (χ1n) is 6.15. The second kappa shape index (κ2) is 5.40. The Morgan fingerprint density at radius 2 is 2.22 bits per heavy atom. The summed E-state index contributed by atoms with van der Waals surface area (Å²) in [6, 6.07) is 5.47. The topological polar surface area (TPSA) is 66.8 Å². The van der Waals surface area contributed by atoms with Crippen molar-refractivity contribution in [2.75, 3.05) is 7.11 Å². The van der Waals surface area contributed by atoms with Crippen molar-refractivity contribution < 1.29 is 19.7 Å². The number of phenolic OH excluding ortho intramolecular Hbond substituents is 1. The van der Waals surface area contributed by atoms with Gasteiger partial charge in [0.2, 0.25) is 0 Å². The Bertz CT molecular complexity index is 437. The van der Waals surface area contributed by atoms with Crippen LogP contribution >= 0.6 is 0 Å². The molecule has 0 aliphatic heterocycles. The van der Waals surface area contributed by atoms with E-state index in [4.69, 9.17) is 9.84 Å². The van der Waals surface area contributed by atoms with E-state index in [0.717, 1.165) is 18.4 Å². The summed E-state index contributed by atoms with van der Waals surface area (Å²) in [6.07, 6.45) is 2.17. The van der Waals surface area contributed by atoms with E-state index in [0.29, 0.717) is 18.1 Å². The summed E-state index contributed by atoms with van der Waals surface area (Å²) in [5, 5.41) is 19.2. The molecule has 0 spiro atoms. The van der Waals surface area contributed by atoms with Crippen LogP contribution in [0.5, 0.6) is 5.75 Å². The predicted molar refractivity (Wildman–Crippen MR) is 66.5 cm³/mol. The molecule has 0 heterocycles. The first-order valence-corrected chi connectivity index (χ1v) is 6.15. The van der Waals surface area contributed by atoms with Gasteiger partial charge in [0.1, 0.15) is 5.75 Å². The maximum atomic E-state index is 10.9. The molecule has 1 unspecified atom stereocenters. The van der Waals surface area contributed by atoms with Crippen molar-refractivity contribution in [2.45, 2.75) is 31.8 Å².